The van der Waals surface area contributed by atoms with Gasteiger partial charge in [0.25, 0.3) is 0 Å². The normalized spacial score (nSPS) is 12.0. The second-order valence-electron chi connectivity index (χ2n) is 5.05. The average molecular weight is 290 g/mol. The molecule has 2 rings (SSSR count). The molecule has 0 bridgehead atoms. The summed E-state index contributed by atoms with van der Waals surface area (Å²) in [5.41, 5.74) is 3.20. The first-order chi connectivity index (χ1) is 9.56. The first kappa shape index (κ1) is 14.7. The highest BCUT2D eigenvalue weighted by atomic mass is 35.5. The first-order valence-corrected chi connectivity index (χ1v) is 7.16. The molecule has 0 aliphatic heterocycles. The van der Waals surface area contributed by atoms with Gasteiger partial charge in [0, 0.05) is 10.7 Å². The molecule has 0 aromatic heterocycles. The van der Waals surface area contributed by atoms with Crippen molar-refractivity contribution in [1.29, 1.82) is 0 Å². The van der Waals surface area contributed by atoms with Gasteiger partial charge in [-0.15, -0.1) is 0 Å². The average Bonchev–Trinajstić information content (AvgIpc) is 2.43. The molecule has 0 heterocycles. The van der Waals surface area contributed by atoms with Crippen molar-refractivity contribution in [1.82, 2.24) is 0 Å². The minimum Gasteiger partial charge on any atom is -0.489 e. The summed E-state index contributed by atoms with van der Waals surface area (Å²) in [4.78, 5) is 0. The van der Waals surface area contributed by atoms with Gasteiger partial charge in [-0.1, -0.05) is 29.8 Å². The Balaban J connectivity index is 1.93. The van der Waals surface area contributed by atoms with Crippen LogP contribution in [-0.2, 0) is 0 Å². The van der Waals surface area contributed by atoms with Gasteiger partial charge in [-0.05, 0) is 56.2 Å². The fourth-order valence-corrected chi connectivity index (χ4v) is 2.17. The van der Waals surface area contributed by atoms with E-state index >= 15 is 0 Å². The van der Waals surface area contributed by atoms with Gasteiger partial charge in [0.15, 0.2) is 0 Å². The van der Waals surface area contributed by atoms with Crippen molar-refractivity contribution < 1.29 is 4.74 Å². The Kier molecular flexibility index (Phi) is 4.91. The largest absolute Gasteiger partial charge is 0.489 e. The molecule has 3 heteroatoms. The number of ether oxygens (including phenoxy) is 1. The Hall–Kier alpha value is -1.67. The second-order valence-corrected chi connectivity index (χ2v) is 5.42. The van der Waals surface area contributed by atoms with Gasteiger partial charge in [-0.25, -0.2) is 0 Å². The van der Waals surface area contributed by atoms with Crippen LogP contribution in [0.4, 0.5) is 5.69 Å². The molecule has 0 radical (unpaired) electrons. The zero-order valence-corrected chi connectivity index (χ0v) is 12.9. The number of benzene rings is 2. The lowest BCUT2D eigenvalue weighted by atomic mass is 10.1. The van der Waals surface area contributed by atoms with Crippen molar-refractivity contribution in [2.75, 3.05) is 11.9 Å². The molecule has 1 atom stereocenters. The maximum absolute atomic E-state index is 6.16. The first-order valence-electron chi connectivity index (χ1n) is 6.78. The van der Waals surface area contributed by atoms with Crippen LogP contribution in [0, 0.1) is 13.8 Å². The highest BCUT2D eigenvalue weighted by Crippen LogP contribution is 2.26. The molecule has 0 aliphatic rings. The molecule has 2 nitrogen and oxygen atoms in total. The lowest BCUT2D eigenvalue weighted by molar-refractivity contribution is 0.234. The van der Waals surface area contributed by atoms with E-state index in [1.54, 1.807) is 0 Å². The molecular formula is C17H20ClNO. The number of anilines is 1. The van der Waals surface area contributed by atoms with Gasteiger partial charge < -0.3 is 10.1 Å². The van der Waals surface area contributed by atoms with E-state index in [1.807, 2.05) is 56.3 Å². The quantitative estimate of drug-likeness (QED) is 0.851. The Morgan fingerprint density at radius 1 is 1.10 bits per heavy atom. The smallest absolute Gasteiger partial charge is 0.120 e. The molecule has 2 aromatic carbocycles. The van der Waals surface area contributed by atoms with E-state index in [1.165, 1.54) is 0 Å². The molecule has 0 saturated carbocycles. The molecule has 2 aromatic rings. The summed E-state index contributed by atoms with van der Waals surface area (Å²) in [5, 5.41) is 4.17. The number of rotatable bonds is 5. The number of hydrogen-bond acceptors (Lipinski definition) is 2. The van der Waals surface area contributed by atoms with Gasteiger partial charge >= 0.3 is 0 Å². The van der Waals surface area contributed by atoms with Gasteiger partial charge in [-0.2, -0.15) is 0 Å². The monoisotopic (exact) mass is 289 g/mol. The Labute approximate surface area is 125 Å². The predicted molar refractivity (Wildman–Crippen MR) is 85.9 cm³/mol. The molecule has 106 valence electrons. The zero-order chi connectivity index (χ0) is 14.5. The third kappa shape index (κ3) is 3.91. The SMILES string of the molecule is Cc1cc(OC(C)CNc2ccccc2)cc(C)c1Cl. The molecule has 1 unspecified atom stereocenters. The maximum atomic E-state index is 6.16. The minimum atomic E-state index is 0.0789. The molecule has 0 amide bonds. The molecule has 1 N–H and O–H groups in total. The van der Waals surface area contributed by atoms with Crippen molar-refractivity contribution in [3.05, 3.63) is 58.6 Å². The van der Waals surface area contributed by atoms with Gasteiger partial charge in [-0.3, -0.25) is 0 Å². The maximum Gasteiger partial charge on any atom is 0.120 e. The van der Waals surface area contributed by atoms with Gasteiger partial charge in [0.2, 0.25) is 0 Å². The molecule has 20 heavy (non-hydrogen) atoms. The Morgan fingerprint density at radius 3 is 2.30 bits per heavy atom. The minimum absolute atomic E-state index is 0.0789. The predicted octanol–water partition coefficient (Wildman–Crippen LogP) is 4.84. The Bertz CT molecular complexity index is 545. The fraction of sp³-hybridized carbons (Fsp3) is 0.294. The van der Waals surface area contributed by atoms with Crippen molar-refractivity contribution in [3.63, 3.8) is 0 Å². The van der Waals surface area contributed by atoms with Gasteiger partial charge in [0.05, 0.1) is 6.54 Å². The van der Waals surface area contributed by atoms with Crippen LogP contribution in [0.15, 0.2) is 42.5 Å². The van der Waals surface area contributed by atoms with E-state index in [0.29, 0.717) is 0 Å². The second kappa shape index (κ2) is 6.67. The Morgan fingerprint density at radius 2 is 1.70 bits per heavy atom. The van der Waals surface area contributed by atoms with Crippen molar-refractivity contribution in [2.24, 2.45) is 0 Å². The summed E-state index contributed by atoms with van der Waals surface area (Å²) in [6.45, 7) is 6.80. The van der Waals surface area contributed by atoms with Crippen molar-refractivity contribution >= 4 is 17.3 Å². The van der Waals surface area contributed by atoms with Crippen LogP contribution in [0.2, 0.25) is 5.02 Å². The van der Waals surface area contributed by atoms with Crippen LogP contribution >= 0.6 is 11.6 Å². The summed E-state index contributed by atoms with van der Waals surface area (Å²) in [7, 11) is 0. The van der Waals surface area contributed by atoms with E-state index in [9.17, 15) is 0 Å². The number of halogens is 1. The summed E-state index contributed by atoms with van der Waals surface area (Å²) in [6.07, 6.45) is 0.0789. The highest BCUT2D eigenvalue weighted by Gasteiger charge is 2.07. The lowest BCUT2D eigenvalue weighted by Crippen LogP contribution is -2.22. The van der Waals surface area contributed by atoms with Crippen molar-refractivity contribution in [2.45, 2.75) is 26.9 Å². The summed E-state index contributed by atoms with van der Waals surface area (Å²) in [6, 6.07) is 14.1. The van der Waals surface area contributed by atoms with Crippen LogP contribution < -0.4 is 10.1 Å². The molecule has 0 saturated heterocycles. The molecule has 0 fully saturated rings. The summed E-state index contributed by atoms with van der Waals surface area (Å²) in [5.74, 6) is 0.867. The van der Waals surface area contributed by atoms with Crippen LogP contribution in [0.1, 0.15) is 18.1 Å². The van der Waals surface area contributed by atoms with E-state index < -0.39 is 0 Å². The number of hydrogen-bond donors (Lipinski definition) is 1. The summed E-state index contributed by atoms with van der Waals surface area (Å²) >= 11 is 6.16. The van der Waals surface area contributed by atoms with Crippen LogP contribution in [-0.4, -0.2) is 12.6 Å². The van der Waals surface area contributed by atoms with E-state index in [0.717, 1.165) is 34.1 Å². The van der Waals surface area contributed by atoms with Crippen LogP contribution in [0.5, 0.6) is 5.75 Å². The summed E-state index contributed by atoms with van der Waals surface area (Å²) < 4.78 is 5.93. The van der Waals surface area contributed by atoms with Crippen LogP contribution in [0.3, 0.4) is 0 Å². The third-order valence-electron chi connectivity index (χ3n) is 3.11. The fourth-order valence-electron chi connectivity index (χ4n) is 2.07. The number of para-hydroxylation sites is 1. The highest BCUT2D eigenvalue weighted by molar-refractivity contribution is 6.32. The zero-order valence-electron chi connectivity index (χ0n) is 12.1. The third-order valence-corrected chi connectivity index (χ3v) is 3.71. The van der Waals surface area contributed by atoms with E-state index in [4.69, 9.17) is 16.3 Å². The molecule has 0 aliphatic carbocycles. The number of aryl methyl sites for hydroxylation is 2. The standard InChI is InChI=1S/C17H20ClNO/c1-12-9-16(10-13(2)17(12)18)20-14(3)11-19-15-7-5-4-6-8-15/h4-10,14,19H,11H2,1-3H3. The van der Waals surface area contributed by atoms with Gasteiger partial charge in [0.1, 0.15) is 11.9 Å². The molecule has 0 spiro atoms. The topological polar surface area (TPSA) is 21.3 Å². The molecular weight excluding hydrogens is 270 g/mol. The van der Waals surface area contributed by atoms with Crippen LogP contribution in [0.25, 0.3) is 0 Å². The lowest BCUT2D eigenvalue weighted by Gasteiger charge is -2.17. The number of nitrogens with one attached hydrogen (secondary N) is 1. The van der Waals surface area contributed by atoms with E-state index in [2.05, 4.69) is 12.2 Å². The van der Waals surface area contributed by atoms with E-state index in [-0.39, 0.29) is 6.10 Å². The van der Waals surface area contributed by atoms with Crippen molar-refractivity contribution in [3.8, 4) is 5.75 Å².